The van der Waals surface area contributed by atoms with Gasteiger partial charge in [-0.05, 0) is 34.1 Å². The Morgan fingerprint density at radius 3 is 2.55 bits per heavy atom. The van der Waals surface area contributed by atoms with Gasteiger partial charge >= 0.3 is 11.7 Å². The van der Waals surface area contributed by atoms with E-state index in [1.807, 2.05) is 18.2 Å². The van der Waals surface area contributed by atoms with Gasteiger partial charge in [-0.1, -0.05) is 42.5 Å². The molecule has 3 aromatic carbocycles. The second kappa shape index (κ2) is 9.13. The van der Waals surface area contributed by atoms with Gasteiger partial charge in [-0.25, -0.2) is 4.98 Å². The first-order valence-corrected chi connectivity index (χ1v) is 10.4. The Balaban J connectivity index is 1.88. The third-order valence-electron chi connectivity index (χ3n) is 4.60. The number of ether oxygens (including phenoxy) is 1. The summed E-state index contributed by atoms with van der Waals surface area (Å²) >= 11 is 3.20. The van der Waals surface area contributed by atoms with E-state index in [1.165, 1.54) is 18.3 Å². The molecule has 0 spiro atoms. The van der Waals surface area contributed by atoms with Crippen molar-refractivity contribution in [2.75, 3.05) is 0 Å². The molecular weight excluding hydrogens is 492 g/mol. The Hall–Kier alpha value is -4.18. The number of nitrogens with zero attached hydrogens (tertiary/aromatic N) is 4. The van der Waals surface area contributed by atoms with E-state index in [1.54, 1.807) is 36.4 Å². The molecule has 164 valence electrons. The summed E-state index contributed by atoms with van der Waals surface area (Å²) in [7, 11) is 0. The van der Waals surface area contributed by atoms with Gasteiger partial charge in [-0.15, -0.1) is 0 Å². The Bertz CT molecular complexity index is 1480. The number of halogens is 1. The van der Waals surface area contributed by atoms with Gasteiger partial charge in [0.15, 0.2) is 5.82 Å². The van der Waals surface area contributed by atoms with Crippen LogP contribution >= 0.6 is 15.9 Å². The Labute approximate surface area is 195 Å². The molecule has 0 aliphatic rings. The molecule has 9 nitrogen and oxygen atoms in total. The maximum atomic E-state index is 13.2. The van der Waals surface area contributed by atoms with Crippen LogP contribution in [0.15, 0.2) is 81.1 Å². The van der Waals surface area contributed by atoms with Crippen LogP contribution in [0, 0.1) is 10.1 Å². The molecule has 4 aromatic rings. The molecule has 0 amide bonds. The van der Waals surface area contributed by atoms with Gasteiger partial charge < -0.3 is 4.74 Å². The molecule has 10 heteroatoms. The highest BCUT2D eigenvalue weighted by atomic mass is 79.9. The largest absolute Gasteiger partial charge is 0.418 e. The monoisotopic (exact) mass is 506 g/mol. The summed E-state index contributed by atoms with van der Waals surface area (Å²) in [4.78, 5) is 40.0. The molecule has 1 heterocycles. The molecule has 0 N–H and O–H groups in total. The molecule has 0 bridgehead atoms. The third kappa shape index (κ3) is 4.55. The van der Waals surface area contributed by atoms with Crippen molar-refractivity contribution < 1.29 is 14.5 Å². The van der Waals surface area contributed by atoms with Gasteiger partial charge in [0.05, 0.1) is 26.5 Å². The molecule has 4 rings (SSSR count). The number of hydrogen-bond acceptors (Lipinski definition) is 7. The lowest BCUT2D eigenvalue weighted by atomic mass is 10.2. The highest BCUT2D eigenvalue weighted by Crippen LogP contribution is 2.36. The SMILES string of the molecule is CC(=O)Oc1c(Br)cc(C=Nn2c(-c3ccccc3)nc3ccccc3c2=O)cc1[N+](=O)[O-]. The Morgan fingerprint density at radius 2 is 1.85 bits per heavy atom. The summed E-state index contributed by atoms with van der Waals surface area (Å²) in [6.07, 6.45) is 1.31. The molecule has 1 aromatic heterocycles. The quantitative estimate of drug-likeness (QED) is 0.129. The molecule has 0 aliphatic heterocycles. The van der Waals surface area contributed by atoms with Crippen molar-refractivity contribution in [3.63, 3.8) is 0 Å². The lowest BCUT2D eigenvalue weighted by Gasteiger charge is -2.10. The fraction of sp³-hybridized carbons (Fsp3) is 0.0435. The zero-order chi connectivity index (χ0) is 23.5. The minimum atomic E-state index is -0.693. The van der Waals surface area contributed by atoms with E-state index in [4.69, 9.17) is 4.74 Å². The second-order valence-corrected chi connectivity index (χ2v) is 7.74. The Morgan fingerprint density at radius 1 is 1.15 bits per heavy atom. The van der Waals surface area contributed by atoms with E-state index in [9.17, 15) is 19.7 Å². The number of carbonyl (C=O) groups excluding carboxylic acids is 1. The summed E-state index contributed by atoms with van der Waals surface area (Å²) in [6, 6.07) is 18.7. The highest BCUT2D eigenvalue weighted by Gasteiger charge is 2.21. The molecular formula is C23H15BrN4O5. The van der Waals surface area contributed by atoms with Crippen molar-refractivity contribution in [3.05, 3.63) is 97.2 Å². The number of carbonyl (C=O) groups is 1. The van der Waals surface area contributed by atoms with Gasteiger partial charge in [-0.3, -0.25) is 19.7 Å². The van der Waals surface area contributed by atoms with E-state index in [0.717, 1.165) is 11.6 Å². The van der Waals surface area contributed by atoms with Gasteiger partial charge in [-0.2, -0.15) is 9.78 Å². The number of nitro benzene ring substituents is 1. The standard InChI is InChI=1S/C23H15BrN4O5/c1-14(29)33-21-18(24)11-15(12-20(21)28(31)32)13-25-27-22(16-7-3-2-4-8-16)26-19-10-6-5-9-17(19)23(27)30/h2-13H,1H3. The average molecular weight is 507 g/mol. The maximum Gasteiger partial charge on any atom is 0.313 e. The number of aromatic nitrogens is 2. The summed E-state index contributed by atoms with van der Waals surface area (Å²) in [5, 5.41) is 16.2. The molecule has 0 fully saturated rings. The minimum absolute atomic E-state index is 0.195. The summed E-state index contributed by atoms with van der Waals surface area (Å²) in [5.41, 5.74) is 0.699. The van der Waals surface area contributed by atoms with Crippen molar-refractivity contribution in [3.8, 4) is 17.1 Å². The number of rotatable bonds is 5. The first kappa shape index (κ1) is 22.0. The van der Waals surface area contributed by atoms with Gasteiger partial charge in [0.25, 0.3) is 5.56 Å². The number of benzene rings is 3. The second-order valence-electron chi connectivity index (χ2n) is 6.88. The van der Waals surface area contributed by atoms with Crippen LogP contribution in [0.4, 0.5) is 5.69 Å². The number of nitro groups is 1. The van der Waals surface area contributed by atoms with Crippen LogP contribution in [0.25, 0.3) is 22.3 Å². The van der Waals surface area contributed by atoms with Crippen LogP contribution in [0.5, 0.6) is 5.75 Å². The zero-order valence-corrected chi connectivity index (χ0v) is 18.7. The van der Waals surface area contributed by atoms with Crippen molar-refractivity contribution >= 4 is 44.7 Å². The van der Waals surface area contributed by atoms with Crippen molar-refractivity contribution in [2.24, 2.45) is 5.10 Å². The average Bonchev–Trinajstić information content (AvgIpc) is 2.80. The molecule has 0 saturated heterocycles. The molecule has 0 atom stereocenters. The number of para-hydroxylation sites is 1. The number of hydrogen-bond donors (Lipinski definition) is 0. The first-order chi connectivity index (χ1) is 15.8. The van der Waals surface area contributed by atoms with Crippen molar-refractivity contribution in [1.29, 1.82) is 0 Å². The molecule has 0 saturated carbocycles. The summed E-state index contributed by atoms with van der Waals surface area (Å²) < 4.78 is 6.31. The van der Waals surface area contributed by atoms with E-state index in [0.29, 0.717) is 27.9 Å². The minimum Gasteiger partial charge on any atom is -0.418 e. The smallest absolute Gasteiger partial charge is 0.313 e. The normalized spacial score (nSPS) is 11.1. The maximum absolute atomic E-state index is 13.2. The first-order valence-electron chi connectivity index (χ1n) is 9.63. The molecule has 33 heavy (non-hydrogen) atoms. The van der Waals surface area contributed by atoms with Crippen LogP contribution in [-0.4, -0.2) is 26.8 Å². The Kier molecular flexibility index (Phi) is 6.09. The zero-order valence-electron chi connectivity index (χ0n) is 17.1. The molecule has 0 unspecified atom stereocenters. The predicted molar refractivity (Wildman–Crippen MR) is 127 cm³/mol. The lowest BCUT2D eigenvalue weighted by molar-refractivity contribution is -0.385. The topological polar surface area (TPSA) is 117 Å². The van der Waals surface area contributed by atoms with Gasteiger partial charge in [0, 0.05) is 24.1 Å². The fourth-order valence-electron chi connectivity index (χ4n) is 3.18. The summed E-state index contributed by atoms with van der Waals surface area (Å²) in [6.45, 7) is 1.15. The highest BCUT2D eigenvalue weighted by molar-refractivity contribution is 9.10. The van der Waals surface area contributed by atoms with E-state index in [2.05, 4.69) is 26.0 Å². The van der Waals surface area contributed by atoms with Gasteiger partial charge in [0.2, 0.25) is 5.75 Å². The van der Waals surface area contributed by atoms with Crippen LogP contribution in [0.2, 0.25) is 0 Å². The summed E-state index contributed by atoms with van der Waals surface area (Å²) in [5.74, 6) is -0.582. The van der Waals surface area contributed by atoms with Crippen LogP contribution in [-0.2, 0) is 4.79 Å². The van der Waals surface area contributed by atoms with E-state index >= 15 is 0 Å². The van der Waals surface area contributed by atoms with Crippen molar-refractivity contribution in [1.82, 2.24) is 9.66 Å². The van der Waals surface area contributed by atoms with Crippen LogP contribution in [0.3, 0.4) is 0 Å². The fourth-order valence-corrected chi connectivity index (χ4v) is 3.73. The van der Waals surface area contributed by atoms with Crippen LogP contribution < -0.4 is 10.3 Å². The van der Waals surface area contributed by atoms with Crippen molar-refractivity contribution in [2.45, 2.75) is 6.92 Å². The predicted octanol–water partition coefficient (Wildman–Crippen LogP) is 4.54. The van der Waals surface area contributed by atoms with E-state index < -0.39 is 16.6 Å². The molecule has 0 radical (unpaired) electrons. The lowest BCUT2D eigenvalue weighted by Crippen LogP contribution is -2.20. The number of esters is 1. The van der Waals surface area contributed by atoms with Gasteiger partial charge in [0.1, 0.15) is 0 Å². The third-order valence-corrected chi connectivity index (χ3v) is 5.19. The molecule has 0 aliphatic carbocycles. The van der Waals surface area contributed by atoms with Crippen LogP contribution in [0.1, 0.15) is 12.5 Å². The van der Waals surface area contributed by atoms with E-state index in [-0.39, 0.29) is 15.8 Å². The number of fused-ring (bicyclic) bond motifs is 1.